The Morgan fingerprint density at radius 1 is 1.24 bits per heavy atom. The highest BCUT2D eigenvalue weighted by Gasteiger charge is 2.26. The Bertz CT molecular complexity index is 714. The van der Waals surface area contributed by atoms with Crippen molar-refractivity contribution in [1.82, 2.24) is 0 Å². The Hall–Kier alpha value is -2.69. The van der Waals surface area contributed by atoms with E-state index in [4.69, 9.17) is 4.74 Å². The van der Waals surface area contributed by atoms with Crippen LogP contribution in [0.4, 0.5) is 10.1 Å². The average molecular weight is 285 g/mol. The van der Waals surface area contributed by atoms with Crippen molar-refractivity contribution in [3.8, 4) is 5.75 Å². The highest BCUT2D eigenvalue weighted by atomic mass is 19.1. The molecular formula is C16H12FNO3. The zero-order valence-electron chi connectivity index (χ0n) is 11.1. The monoisotopic (exact) mass is 285 g/mol. The molecule has 0 N–H and O–H groups in total. The predicted octanol–water partition coefficient (Wildman–Crippen LogP) is 2.56. The summed E-state index contributed by atoms with van der Waals surface area (Å²) in [4.78, 5) is 24.4. The topological polar surface area (TPSA) is 46.6 Å². The van der Waals surface area contributed by atoms with Gasteiger partial charge in [0.15, 0.2) is 6.61 Å². The van der Waals surface area contributed by atoms with E-state index in [1.807, 2.05) is 0 Å². The van der Waals surface area contributed by atoms with Gasteiger partial charge in [0, 0.05) is 11.1 Å². The van der Waals surface area contributed by atoms with Crippen molar-refractivity contribution in [3.63, 3.8) is 0 Å². The molecule has 0 aliphatic carbocycles. The van der Waals surface area contributed by atoms with Gasteiger partial charge in [0.2, 0.25) is 0 Å². The van der Waals surface area contributed by atoms with Gasteiger partial charge in [-0.2, -0.15) is 0 Å². The van der Waals surface area contributed by atoms with Crippen LogP contribution >= 0.6 is 0 Å². The number of hydrogen-bond donors (Lipinski definition) is 0. The van der Waals surface area contributed by atoms with Crippen molar-refractivity contribution in [2.24, 2.45) is 0 Å². The van der Waals surface area contributed by atoms with Crippen LogP contribution in [-0.4, -0.2) is 18.8 Å². The lowest BCUT2D eigenvalue weighted by Gasteiger charge is -2.29. The van der Waals surface area contributed by atoms with Crippen LogP contribution in [0.5, 0.6) is 5.75 Å². The molecule has 0 saturated heterocycles. The van der Waals surface area contributed by atoms with E-state index in [1.165, 1.54) is 11.0 Å². The van der Waals surface area contributed by atoms with Crippen LogP contribution in [0.1, 0.15) is 15.9 Å². The molecule has 0 spiro atoms. The van der Waals surface area contributed by atoms with Gasteiger partial charge in [-0.05, 0) is 24.3 Å². The summed E-state index contributed by atoms with van der Waals surface area (Å²) in [5.74, 6) is -0.129. The highest BCUT2D eigenvalue weighted by Crippen LogP contribution is 2.33. The molecule has 1 amide bonds. The first-order valence-electron chi connectivity index (χ1n) is 6.45. The first-order valence-corrected chi connectivity index (χ1v) is 6.45. The van der Waals surface area contributed by atoms with E-state index < -0.39 is 0 Å². The summed E-state index contributed by atoms with van der Waals surface area (Å²) in [7, 11) is 0. The molecular weight excluding hydrogens is 273 g/mol. The van der Waals surface area contributed by atoms with Gasteiger partial charge in [0.1, 0.15) is 17.9 Å². The van der Waals surface area contributed by atoms with Crippen LogP contribution in [-0.2, 0) is 11.3 Å². The van der Waals surface area contributed by atoms with Gasteiger partial charge < -0.3 is 9.64 Å². The minimum Gasteiger partial charge on any atom is -0.482 e. The molecule has 2 aromatic carbocycles. The number of benzene rings is 2. The quantitative estimate of drug-likeness (QED) is 0.814. The predicted molar refractivity (Wildman–Crippen MR) is 74.9 cm³/mol. The lowest BCUT2D eigenvalue weighted by atomic mass is 10.1. The van der Waals surface area contributed by atoms with E-state index in [-0.39, 0.29) is 24.9 Å². The van der Waals surface area contributed by atoms with E-state index in [0.717, 1.165) is 0 Å². The SMILES string of the molecule is O=Cc1ccc2c(c1)N(Cc1ccccc1F)C(=O)CO2. The van der Waals surface area contributed by atoms with Crippen LogP contribution < -0.4 is 9.64 Å². The smallest absolute Gasteiger partial charge is 0.265 e. The number of aldehydes is 1. The summed E-state index contributed by atoms with van der Waals surface area (Å²) < 4.78 is 19.1. The summed E-state index contributed by atoms with van der Waals surface area (Å²) in [5.41, 5.74) is 1.33. The molecule has 21 heavy (non-hydrogen) atoms. The van der Waals surface area contributed by atoms with Crippen molar-refractivity contribution >= 4 is 17.9 Å². The largest absolute Gasteiger partial charge is 0.482 e. The Kier molecular flexibility index (Phi) is 3.39. The van der Waals surface area contributed by atoms with Gasteiger partial charge in [-0.15, -0.1) is 0 Å². The number of carbonyl (C=O) groups is 2. The van der Waals surface area contributed by atoms with Crippen molar-refractivity contribution in [1.29, 1.82) is 0 Å². The first kappa shape index (κ1) is 13.3. The maximum Gasteiger partial charge on any atom is 0.265 e. The van der Waals surface area contributed by atoms with E-state index in [9.17, 15) is 14.0 Å². The molecule has 0 unspecified atom stereocenters. The number of halogens is 1. The van der Waals surface area contributed by atoms with Crippen molar-refractivity contribution in [3.05, 3.63) is 59.4 Å². The summed E-state index contributed by atoms with van der Waals surface area (Å²) in [6, 6.07) is 11.1. The summed E-state index contributed by atoms with van der Waals surface area (Å²) in [5, 5.41) is 0. The normalized spacial score (nSPS) is 13.6. The molecule has 4 nitrogen and oxygen atoms in total. The molecule has 1 aliphatic rings. The fourth-order valence-corrected chi connectivity index (χ4v) is 2.26. The number of amides is 1. The fraction of sp³-hybridized carbons (Fsp3) is 0.125. The molecule has 1 aliphatic heterocycles. The lowest BCUT2D eigenvalue weighted by Crippen LogP contribution is -2.38. The number of hydrogen-bond acceptors (Lipinski definition) is 3. The molecule has 0 aromatic heterocycles. The third-order valence-corrected chi connectivity index (χ3v) is 3.35. The molecule has 0 radical (unpaired) electrons. The molecule has 5 heteroatoms. The van der Waals surface area contributed by atoms with Crippen LogP contribution in [0.2, 0.25) is 0 Å². The van der Waals surface area contributed by atoms with E-state index in [0.29, 0.717) is 28.8 Å². The zero-order chi connectivity index (χ0) is 14.8. The molecule has 0 saturated carbocycles. The Labute approximate surface area is 120 Å². The summed E-state index contributed by atoms with van der Waals surface area (Å²) in [6.45, 7) is 0.00602. The zero-order valence-corrected chi connectivity index (χ0v) is 11.1. The lowest BCUT2D eigenvalue weighted by molar-refractivity contribution is -0.121. The number of nitrogens with zero attached hydrogens (tertiary/aromatic N) is 1. The molecule has 0 bridgehead atoms. The number of anilines is 1. The Balaban J connectivity index is 2.01. The molecule has 0 fully saturated rings. The number of carbonyl (C=O) groups excluding carboxylic acids is 2. The Morgan fingerprint density at radius 3 is 2.81 bits per heavy atom. The van der Waals surface area contributed by atoms with Crippen LogP contribution in [0, 0.1) is 5.82 Å². The molecule has 3 rings (SSSR count). The second kappa shape index (κ2) is 5.36. The maximum atomic E-state index is 13.8. The first-order chi connectivity index (χ1) is 10.2. The highest BCUT2D eigenvalue weighted by molar-refractivity contribution is 5.98. The fourth-order valence-electron chi connectivity index (χ4n) is 2.26. The van der Waals surface area contributed by atoms with E-state index in [2.05, 4.69) is 0 Å². The third kappa shape index (κ3) is 2.50. The minimum atomic E-state index is -0.370. The number of rotatable bonds is 3. The Morgan fingerprint density at radius 2 is 2.05 bits per heavy atom. The summed E-state index contributed by atoms with van der Waals surface area (Å²) >= 11 is 0. The molecule has 2 aromatic rings. The van der Waals surface area contributed by atoms with E-state index >= 15 is 0 Å². The van der Waals surface area contributed by atoms with Gasteiger partial charge in [-0.3, -0.25) is 9.59 Å². The number of ether oxygens (including phenoxy) is 1. The van der Waals surface area contributed by atoms with Crippen molar-refractivity contribution < 1.29 is 18.7 Å². The molecule has 106 valence electrons. The van der Waals surface area contributed by atoms with Crippen LogP contribution in [0.25, 0.3) is 0 Å². The second-order valence-corrected chi connectivity index (χ2v) is 4.70. The van der Waals surface area contributed by atoms with Crippen LogP contribution in [0.15, 0.2) is 42.5 Å². The minimum absolute atomic E-state index is 0.0953. The van der Waals surface area contributed by atoms with Gasteiger partial charge in [0.05, 0.1) is 12.2 Å². The maximum absolute atomic E-state index is 13.8. The average Bonchev–Trinajstić information content (AvgIpc) is 2.51. The summed E-state index contributed by atoms with van der Waals surface area (Å²) in [6.07, 6.45) is 0.695. The number of fused-ring (bicyclic) bond motifs is 1. The van der Waals surface area contributed by atoms with Gasteiger partial charge in [-0.1, -0.05) is 18.2 Å². The van der Waals surface area contributed by atoms with Crippen molar-refractivity contribution in [2.75, 3.05) is 11.5 Å². The van der Waals surface area contributed by atoms with Crippen LogP contribution in [0.3, 0.4) is 0 Å². The molecule has 1 heterocycles. The second-order valence-electron chi connectivity index (χ2n) is 4.70. The van der Waals surface area contributed by atoms with Gasteiger partial charge >= 0.3 is 0 Å². The van der Waals surface area contributed by atoms with Gasteiger partial charge in [0.25, 0.3) is 5.91 Å². The third-order valence-electron chi connectivity index (χ3n) is 3.35. The van der Waals surface area contributed by atoms with E-state index in [1.54, 1.807) is 36.4 Å². The van der Waals surface area contributed by atoms with Gasteiger partial charge in [-0.25, -0.2) is 4.39 Å². The van der Waals surface area contributed by atoms with Crippen molar-refractivity contribution in [2.45, 2.75) is 6.54 Å². The molecule has 0 atom stereocenters. The standard InChI is InChI=1S/C16H12FNO3/c17-13-4-2-1-3-12(13)8-18-14-7-11(9-19)5-6-15(14)21-10-16(18)20/h1-7,9H,8,10H2.